The summed E-state index contributed by atoms with van der Waals surface area (Å²) >= 11 is 2.94. The zero-order valence-electron chi connectivity index (χ0n) is 13.9. The number of amides is 1. The highest BCUT2D eigenvalue weighted by atomic mass is 32.2. The minimum absolute atomic E-state index is 0.0231. The van der Waals surface area contributed by atoms with Crippen molar-refractivity contribution in [2.75, 3.05) is 26.5 Å². The molecule has 2 aromatic rings. The topological polar surface area (TPSA) is 73.2 Å². The Labute approximate surface area is 148 Å². The fourth-order valence-electron chi connectivity index (χ4n) is 2.93. The van der Waals surface area contributed by atoms with Gasteiger partial charge in [-0.25, -0.2) is 4.98 Å². The predicted molar refractivity (Wildman–Crippen MR) is 97.2 cm³/mol. The maximum absolute atomic E-state index is 13.1. The molecule has 0 spiro atoms. The molecule has 8 heteroatoms. The smallest absolute Gasteiger partial charge is 0.263 e. The van der Waals surface area contributed by atoms with Crippen molar-refractivity contribution in [3.05, 3.63) is 20.8 Å². The van der Waals surface area contributed by atoms with Gasteiger partial charge in [-0.2, -0.15) is 0 Å². The van der Waals surface area contributed by atoms with E-state index in [1.165, 1.54) is 22.2 Å². The molecule has 0 radical (unpaired) electrons. The van der Waals surface area contributed by atoms with Crippen molar-refractivity contribution in [3.63, 3.8) is 0 Å². The summed E-state index contributed by atoms with van der Waals surface area (Å²) in [5, 5.41) is 4.00. The summed E-state index contributed by atoms with van der Waals surface area (Å²) in [6, 6.07) is 0. The molecule has 0 aromatic carbocycles. The number of aryl methyl sites for hydroxylation is 2. The average Bonchev–Trinajstić information content (AvgIpc) is 3.15. The van der Waals surface area contributed by atoms with E-state index in [1.807, 2.05) is 0 Å². The number of thioether (sulfide) groups is 1. The first-order valence-electron chi connectivity index (χ1n) is 8.03. The third-order valence-corrected chi connectivity index (χ3v) is 6.29. The lowest BCUT2D eigenvalue weighted by Crippen LogP contribution is -2.25. The molecule has 1 aliphatic carbocycles. The van der Waals surface area contributed by atoms with Gasteiger partial charge in [0.1, 0.15) is 4.83 Å². The number of carbonyl (C=O) groups is 1. The van der Waals surface area contributed by atoms with E-state index in [0.29, 0.717) is 18.3 Å². The molecule has 0 aliphatic heterocycles. The van der Waals surface area contributed by atoms with Crippen LogP contribution in [0.3, 0.4) is 0 Å². The third-order valence-electron chi connectivity index (χ3n) is 4.13. The number of ether oxygens (including phenoxy) is 1. The maximum Gasteiger partial charge on any atom is 0.263 e. The summed E-state index contributed by atoms with van der Waals surface area (Å²) in [6.45, 7) is 1.14. The van der Waals surface area contributed by atoms with Gasteiger partial charge in [-0.1, -0.05) is 11.8 Å². The van der Waals surface area contributed by atoms with Crippen molar-refractivity contribution >= 4 is 39.2 Å². The molecule has 2 aromatic heterocycles. The first kappa shape index (κ1) is 17.4. The molecule has 1 N–H and O–H groups in total. The van der Waals surface area contributed by atoms with Crippen LogP contribution in [0.5, 0.6) is 0 Å². The predicted octanol–water partition coefficient (Wildman–Crippen LogP) is 1.82. The van der Waals surface area contributed by atoms with Crippen LogP contribution >= 0.6 is 23.1 Å². The molecule has 0 saturated heterocycles. The molecule has 0 saturated carbocycles. The average molecular weight is 367 g/mol. The number of fused-ring (bicyclic) bond motifs is 3. The number of aromatic nitrogens is 2. The summed E-state index contributed by atoms with van der Waals surface area (Å²) in [5.74, 6) is 0.176. The fourth-order valence-corrected chi connectivity index (χ4v) is 5.13. The van der Waals surface area contributed by atoms with Crippen LogP contribution in [0.4, 0.5) is 0 Å². The summed E-state index contributed by atoms with van der Waals surface area (Å²) in [6.07, 6.45) is 3.87. The van der Waals surface area contributed by atoms with Crippen LogP contribution < -0.4 is 10.9 Å². The van der Waals surface area contributed by atoms with Gasteiger partial charge in [0.15, 0.2) is 5.16 Å². The van der Waals surface area contributed by atoms with E-state index < -0.39 is 0 Å². The molecule has 0 unspecified atom stereocenters. The quantitative estimate of drug-likeness (QED) is 0.459. The molecule has 6 nitrogen and oxygen atoms in total. The third kappa shape index (κ3) is 3.36. The van der Waals surface area contributed by atoms with E-state index in [2.05, 4.69) is 5.32 Å². The molecule has 0 bridgehead atoms. The summed E-state index contributed by atoms with van der Waals surface area (Å²) in [7, 11) is 3.26. The van der Waals surface area contributed by atoms with Gasteiger partial charge in [-0.05, 0) is 31.2 Å². The molecule has 2 heterocycles. The second-order valence-corrected chi connectivity index (χ2v) is 7.72. The van der Waals surface area contributed by atoms with E-state index >= 15 is 0 Å². The number of rotatable bonds is 7. The Balaban J connectivity index is 2.01. The Hall–Kier alpha value is -1.38. The number of nitrogens with zero attached hydrogens (tertiary/aromatic N) is 2. The minimum atomic E-state index is -0.0774. The van der Waals surface area contributed by atoms with Gasteiger partial charge in [-0.3, -0.25) is 14.2 Å². The molecular weight excluding hydrogens is 346 g/mol. The number of hydrogen-bond acceptors (Lipinski definition) is 6. The molecule has 24 heavy (non-hydrogen) atoms. The Kier molecular flexibility index (Phi) is 5.57. The van der Waals surface area contributed by atoms with Crippen LogP contribution in [0.25, 0.3) is 10.2 Å². The highest BCUT2D eigenvalue weighted by Gasteiger charge is 2.23. The molecular formula is C16H21N3O3S2. The zero-order chi connectivity index (χ0) is 17.1. The van der Waals surface area contributed by atoms with E-state index in [4.69, 9.17) is 9.72 Å². The first-order valence-corrected chi connectivity index (χ1v) is 9.83. The maximum atomic E-state index is 13.1. The zero-order valence-corrected chi connectivity index (χ0v) is 15.5. The summed E-state index contributed by atoms with van der Waals surface area (Å²) < 4.78 is 6.81. The monoisotopic (exact) mass is 367 g/mol. The molecule has 1 amide bonds. The van der Waals surface area contributed by atoms with Crippen molar-refractivity contribution in [2.24, 2.45) is 0 Å². The molecule has 0 atom stereocenters. The van der Waals surface area contributed by atoms with E-state index in [9.17, 15) is 9.59 Å². The fraction of sp³-hybridized carbons (Fsp3) is 0.562. The van der Waals surface area contributed by atoms with Crippen LogP contribution in [-0.2, 0) is 28.9 Å². The van der Waals surface area contributed by atoms with E-state index in [1.54, 1.807) is 30.1 Å². The van der Waals surface area contributed by atoms with Crippen molar-refractivity contribution in [1.82, 2.24) is 14.9 Å². The van der Waals surface area contributed by atoms with Crippen LogP contribution in [0.1, 0.15) is 23.3 Å². The van der Waals surface area contributed by atoms with Gasteiger partial charge in [0.25, 0.3) is 5.56 Å². The Morgan fingerprint density at radius 1 is 1.46 bits per heavy atom. The van der Waals surface area contributed by atoms with Crippen LogP contribution in [0, 0.1) is 0 Å². The molecule has 1 aliphatic rings. The number of hydrogen-bond donors (Lipinski definition) is 1. The molecule has 3 rings (SSSR count). The second-order valence-electron chi connectivity index (χ2n) is 5.70. The van der Waals surface area contributed by atoms with Crippen LogP contribution in [-0.4, -0.2) is 42.0 Å². The molecule has 130 valence electrons. The van der Waals surface area contributed by atoms with Crippen LogP contribution in [0.15, 0.2) is 9.95 Å². The summed E-state index contributed by atoms with van der Waals surface area (Å²) in [4.78, 5) is 31.4. The first-order chi connectivity index (χ1) is 11.7. The highest BCUT2D eigenvalue weighted by molar-refractivity contribution is 7.99. The van der Waals surface area contributed by atoms with Crippen molar-refractivity contribution in [2.45, 2.75) is 37.4 Å². The van der Waals surface area contributed by atoms with Gasteiger partial charge < -0.3 is 10.1 Å². The van der Waals surface area contributed by atoms with E-state index in [0.717, 1.165) is 35.9 Å². The SMILES string of the molecule is CNC(=O)CSc1nc2sc3c(c2c(=O)n1CCCOC)CCC3. The largest absolute Gasteiger partial charge is 0.385 e. The van der Waals surface area contributed by atoms with Crippen LogP contribution in [0.2, 0.25) is 0 Å². The minimum Gasteiger partial charge on any atom is -0.385 e. The lowest BCUT2D eigenvalue weighted by Gasteiger charge is -2.12. The Morgan fingerprint density at radius 3 is 3.04 bits per heavy atom. The number of thiophene rings is 1. The second kappa shape index (κ2) is 7.67. The van der Waals surface area contributed by atoms with E-state index in [-0.39, 0.29) is 17.2 Å². The van der Waals surface area contributed by atoms with Gasteiger partial charge in [0.05, 0.1) is 11.1 Å². The highest BCUT2D eigenvalue weighted by Crippen LogP contribution is 2.35. The Morgan fingerprint density at radius 2 is 2.29 bits per heavy atom. The number of nitrogens with one attached hydrogen (secondary N) is 1. The molecule has 0 fully saturated rings. The van der Waals surface area contributed by atoms with Crippen molar-refractivity contribution in [1.29, 1.82) is 0 Å². The number of methoxy groups -OCH3 is 1. The number of carbonyl (C=O) groups excluding carboxylic acids is 1. The lowest BCUT2D eigenvalue weighted by molar-refractivity contribution is -0.118. The Bertz CT molecular complexity index is 813. The van der Waals surface area contributed by atoms with Crippen molar-refractivity contribution in [3.8, 4) is 0 Å². The van der Waals surface area contributed by atoms with Gasteiger partial charge in [0, 0.05) is 32.2 Å². The van der Waals surface area contributed by atoms with Gasteiger partial charge >= 0.3 is 0 Å². The lowest BCUT2D eigenvalue weighted by atomic mass is 10.2. The van der Waals surface area contributed by atoms with Gasteiger partial charge in [-0.15, -0.1) is 11.3 Å². The normalized spacial score (nSPS) is 13.4. The standard InChI is InChI=1S/C16H21N3O3S2/c1-17-12(20)9-23-16-18-14-13(10-5-3-6-11(10)24-14)15(21)19(16)7-4-8-22-2/h3-9H2,1-2H3,(H,17,20). The van der Waals surface area contributed by atoms with Gasteiger partial charge in [0.2, 0.25) is 5.91 Å². The summed E-state index contributed by atoms with van der Waals surface area (Å²) in [5.41, 5.74) is 1.21. The van der Waals surface area contributed by atoms with Crippen molar-refractivity contribution < 1.29 is 9.53 Å².